The van der Waals surface area contributed by atoms with E-state index < -0.39 is 0 Å². The summed E-state index contributed by atoms with van der Waals surface area (Å²) in [5.41, 5.74) is 2.34. The Morgan fingerprint density at radius 3 is 2.52 bits per heavy atom. The number of likely N-dealkylation sites (tertiary alicyclic amines) is 1. The predicted molar refractivity (Wildman–Crippen MR) is 111 cm³/mol. The Morgan fingerprint density at radius 2 is 1.76 bits per heavy atom. The van der Waals surface area contributed by atoms with Crippen molar-refractivity contribution in [1.82, 2.24) is 19.4 Å². The minimum atomic E-state index is 0.181. The number of imidazole rings is 1. The Balaban J connectivity index is 1.19. The summed E-state index contributed by atoms with van der Waals surface area (Å²) < 4.78 is 2.21. The molecule has 1 aliphatic carbocycles. The molecule has 0 radical (unpaired) electrons. The van der Waals surface area contributed by atoms with E-state index in [0.29, 0.717) is 17.7 Å². The highest BCUT2D eigenvalue weighted by Gasteiger charge is 2.46. The van der Waals surface area contributed by atoms with E-state index in [-0.39, 0.29) is 5.92 Å². The number of hydrogen-bond donors (Lipinski definition) is 0. The van der Waals surface area contributed by atoms with Gasteiger partial charge in [-0.25, -0.2) is 4.98 Å². The fraction of sp³-hybridized carbons (Fsp3) is 0.375. The molecule has 1 saturated carbocycles. The molecular weight excluding hydrogens is 360 g/mol. The Bertz CT molecular complexity index is 961. The minimum Gasteiger partial charge on any atom is -0.342 e. The lowest BCUT2D eigenvalue weighted by molar-refractivity contribution is -0.133. The number of benzene rings is 1. The van der Waals surface area contributed by atoms with E-state index in [1.54, 1.807) is 0 Å². The lowest BCUT2D eigenvalue weighted by Crippen LogP contribution is -2.39. The normalized spacial score (nSPS) is 21.9. The number of aromatic nitrogens is 3. The molecule has 1 aromatic carbocycles. The number of hydrogen-bond acceptors (Lipinski definition) is 3. The van der Waals surface area contributed by atoms with Crippen LogP contribution in [0.3, 0.4) is 0 Å². The van der Waals surface area contributed by atoms with Gasteiger partial charge in [0.2, 0.25) is 5.91 Å². The standard InChI is InChI=1S/C24H26N4O/c29-24(22-16-21(22)18-6-2-1-3-7-18)27-13-9-19(10-14-27)23-26-12-15-28(23)17-20-8-4-5-11-25-20/h1-8,11-12,15,19,21-22H,9-10,13-14,16-17H2/t21-,22+/m0/s1. The van der Waals surface area contributed by atoms with Crippen LogP contribution in [0.2, 0.25) is 0 Å². The highest BCUT2D eigenvalue weighted by Crippen LogP contribution is 2.48. The summed E-state index contributed by atoms with van der Waals surface area (Å²) in [6.07, 6.45) is 8.70. The molecule has 2 atom stereocenters. The predicted octanol–water partition coefficient (Wildman–Crippen LogP) is 3.84. The molecule has 3 heterocycles. The number of rotatable bonds is 5. The van der Waals surface area contributed by atoms with Crippen LogP contribution in [0.25, 0.3) is 0 Å². The highest BCUT2D eigenvalue weighted by molar-refractivity contribution is 5.83. The molecule has 29 heavy (non-hydrogen) atoms. The average Bonchev–Trinajstić information content (AvgIpc) is 3.46. The van der Waals surface area contributed by atoms with Gasteiger partial charge in [-0.3, -0.25) is 9.78 Å². The van der Waals surface area contributed by atoms with Gasteiger partial charge in [-0.2, -0.15) is 0 Å². The summed E-state index contributed by atoms with van der Waals surface area (Å²) in [5, 5.41) is 0. The van der Waals surface area contributed by atoms with Crippen molar-refractivity contribution in [2.24, 2.45) is 5.92 Å². The maximum absolute atomic E-state index is 12.9. The largest absolute Gasteiger partial charge is 0.342 e. The summed E-state index contributed by atoms with van der Waals surface area (Å²) >= 11 is 0. The van der Waals surface area contributed by atoms with Crippen molar-refractivity contribution in [3.63, 3.8) is 0 Å². The van der Waals surface area contributed by atoms with Crippen molar-refractivity contribution in [2.45, 2.75) is 37.6 Å². The van der Waals surface area contributed by atoms with Gasteiger partial charge >= 0.3 is 0 Å². The molecule has 0 N–H and O–H groups in total. The van der Waals surface area contributed by atoms with E-state index >= 15 is 0 Å². The van der Waals surface area contributed by atoms with E-state index in [1.165, 1.54) is 5.56 Å². The average molecular weight is 386 g/mol. The van der Waals surface area contributed by atoms with E-state index in [2.05, 4.69) is 43.7 Å². The molecule has 5 nitrogen and oxygen atoms in total. The molecule has 5 heteroatoms. The van der Waals surface area contributed by atoms with Gasteiger partial charge in [0.1, 0.15) is 5.82 Å². The van der Waals surface area contributed by atoms with E-state index in [4.69, 9.17) is 0 Å². The van der Waals surface area contributed by atoms with Gasteiger partial charge in [-0.05, 0) is 42.9 Å². The fourth-order valence-corrected chi connectivity index (χ4v) is 4.61. The fourth-order valence-electron chi connectivity index (χ4n) is 4.61. The number of carbonyl (C=O) groups is 1. The third-order valence-corrected chi connectivity index (χ3v) is 6.31. The molecule has 2 aromatic heterocycles. The second-order valence-corrected chi connectivity index (χ2v) is 8.19. The molecule has 3 aromatic rings. The first kappa shape index (κ1) is 18.1. The Morgan fingerprint density at radius 1 is 0.966 bits per heavy atom. The van der Waals surface area contributed by atoms with Crippen LogP contribution in [-0.4, -0.2) is 38.4 Å². The third-order valence-electron chi connectivity index (χ3n) is 6.31. The van der Waals surface area contributed by atoms with Crippen molar-refractivity contribution in [3.8, 4) is 0 Å². The van der Waals surface area contributed by atoms with Gasteiger partial charge in [0.25, 0.3) is 0 Å². The maximum atomic E-state index is 12.9. The van der Waals surface area contributed by atoms with Crippen LogP contribution in [0.4, 0.5) is 0 Å². The molecule has 0 unspecified atom stereocenters. The monoisotopic (exact) mass is 386 g/mol. The van der Waals surface area contributed by atoms with Crippen molar-refractivity contribution in [3.05, 3.63) is 84.2 Å². The highest BCUT2D eigenvalue weighted by atomic mass is 16.2. The summed E-state index contributed by atoms with van der Waals surface area (Å²) in [7, 11) is 0. The smallest absolute Gasteiger partial charge is 0.226 e. The quantitative estimate of drug-likeness (QED) is 0.669. The van der Waals surface area contributed by atoms with Gasteiger partial charge in [-0.1, -0.05) is 36.4 Å². The van der Waals surface area contributed by atoms with Gasteiger partial charge in [0.05, 0.1) is 12.2 Å². The molecule has 0 spiro atoms. The second-order valence-electron chi connectivity index (χ2n) is 8.19. The SMILES string of the molecule is O=C([C@@H]1C[C@H]1c1ccccc1)N1CCC(c2nccn2Cc2ccccn2)CC1. The van der Waals surface area contributed by atoms with Crippen LogP contribution in [0.1, 0.15) is 48.2 Å². The first-order chi connectivity index (χ1) is 14.3. The van der Waals surface area contributed by atoms with Crippen LogP contribution in [-0.2, 0) is 11.3 Å². The Labute approximate surface area is 171 Å². The van der Waals surface area contributed by atoms with Crippen LogP contribution in [0.5, 0.6) is 0 Å². The number of amides is 1. The first-order valence-corrected chi connectivity index (χ1v) is 10.5. The molecule has 2 aliphatic rings. The summed E-state index contributed by atoms with van der Waals surface area (Å²) in [6, 6.07) is 16.4. The number of nitrogens with zero attached hydrogens (tertiary/aromatic N) is 4. The van der Waals surface area contributed by atoms with Crippen LogP contribution < -0.4 is 0 Å². The van der Waals surface area contributed by atoms with Crippen molar-refractivity contribution >= 4 is 5.91 Å². The first-order valence-electron chi connectivity index (χ1n) is 10.5. The summed E-state index contributed by atoms with van der Waals surface area (Å²) in [6.45, 7) is 2.41. The molecular formula is C24H26N4O. The van der Waals surface area contributed by atoms with Gasteiger partial charge in [-0.15, -0.1) is 0 Å². The van der Waals surface area contributed by atoms with Crippen molar-refractivity contribution in [2.75, 3.05) is 13.1 Å². The van der Waals surface area contributed by atoms with Crippen LogP contribution in [0, 0.1) is 5.92 Å². The zero-order valence-corrected chi connectivity index (χ0v) is 16.5. The van der Waals surface area contributed by atoms with Gasteiger partial charge in [0.15, 0.2) is 0 Å². The minimum absolute atomic E-state index is 0.181. The van der Waals surface area contributed by atoms with Crippen molar-refractivity contribution in [1.29, 1.82) is 0 Å². The van der Waals surface area contributed by atoms with E-state index in [1.807, 2.05) is 42.9 Å². The molecule has 1 aliphatic heterocycles. The lowest BCUT2D eigenvalue weighted by atomic mass is 9.95. The molecule has 5 rings (SSSR count). The molecule has 1 amide bonds. The number of carbonyl (C=O) groups excluding carboxylic acids is 1. The molecule has 1 saturated heterocycles. The van der Waals surface area contributed by atoms with E-state index in [9.17, 15) is 4.79 Å². The molecule has 0 bridgehead atoms. The lowest BCUT2D eigenvalue weighted by Gasteiger charge is -2.32. The number of piperidine rings is 1. The zero-order chi connectivity index (χ0) is 19.6. The van der Waals surface area contributed by atoms with Crippen LogP contribution in [0.15, 0.2) is 67.1 Å². The molecule has 2 fully saturated rings. The van der Waals surface area contributed by atoms with Gasteiger partial charge < -0.3 is 9.47 Å². The second kappa shape index (κ2) is 7.82. The Kier molecular flexibility index (Phi) is 4.88. The zero-order valence-electron chi connectivity index (χ0n) is 16.5. The third kappa shape index (κ3) is 3.82. The summed E-state index contributed by atoms with van der Waals surface area (Å²) in [5.74, 6) is 2.46. The van der Waals surface area contributed by atoms with Crippen molar-refractivity contribution < 1.29 is 4.79 Å². The Hall–Kier alpha value is -2.95. The maximum Gasteiger partial charge on any atom is 0.226 e. The topological polar surface area (TPSA) is 51.0 Å². The van der Waals surface area contributed by atoms with E-state index in [0.717, 1.165) is 50.4 Å². The van der Waals surface area contributed by atoms with Crippen LogP contribution >= 0.6 is 0 Å². The summed E-state index contributed by atoms with van der Waals surface area (Å²) in [4.78, 5) is 24.1. The van der Waals surface area contributed by atoms with Gasteiger partial charge in [0, 0.05) is 43.5 Å². The number of pyridine rings is 1. The molecule has 148 valence electrons.